The Bertz CT molecular complexity index is 1520. The molecular weight excluding hydrogens is 402 g/mol. The van der Waals surface area contributed by atoms with E-state index in [4.69, 9.17) is 7.48 Å². The molecule has 3 N–H and O–H groups in total. The number of carbonyl (C=O) groups excluding carboxylic acids is 1. The predicted octanol–water partition coefficient (Wildman–Crippen LogP) is 5.53. The van der Waals surface area contributed by atoms with Crippen molar-refractivity contribution in [2.75, 3.05) is 17.7 Å². The Morgan fingerprint density at radius 2 is 2.00 bits per heavy atom. The zero-order valence-electron chi connectivity index (χ0n) is 19.6. The molecule has 0 spiro atoms. The highest BCUT2D eigenvalue weighted by Crippen LogP contribution is 2.28. The second-order valence-electron chi connectivity index (χ2n) is 7.42. The molecule has 160 valence electrons. The predicted molar refractivity (Wildman–Crippen MR) is 128 cm³/mol. The highest BCUT2D eigenvalue weighted by atomic mass is 16.5. The number of hydrogen-bond acceptors (Lipinski definition) is 3. The van der Waals surface area contributed by atoms with Crippen LogP contribution in [0, 0.1) is 6.92 Å². The number of urea groups is 1. The van der Waals surface area contributed by atoms with E-state index in [0.717, 1.165) is 16.3 Å². The number of aryl methyl sites for hydroxylation is 1. The molecule has 0 fully saturated rings. The fourth-order valence-corrected chi connectivity index (χ4v) is 3.75. The van der Waals surface area contributed by atoms with Gasteiger partial charge >= 0.3 is 6.03 Å². The summed E-state index contributed by atoms with van der Waals surface area (Å²) in [4.78, 5) is 20.1. The van der Waals surface area contributed by atoms with Gasteiger partial charge in [-0.15, -0.1) is 0 Å². The molecule has 0 aliphatic carbocycles. The Morgan fingerprint density at radius 1 is 1.12 bits per heavy atom. The van der Waals surface area contributed by atoms with E-state index in [1.165, 1.54) is 0 Å². The molecule has 5 rings (SSSR count). The lowest BCUT2D eigenvalue weighted by atomic mass is 10.2. The van der Waals surface area contributed by atoms with Crippen molar-refractivity contribution in [1.29, 1.82) is 0 Å². The van der Waals surface area contributed by atoms with Gasteiger partial charge in [0.15, 0.2) is 0 Å². The number of methoxy groups -OCH3 is 1. The zero-order chi connectivity index (χ0) is 23.9. The number of aromatic amines is 1. The molecule has 0 radical (unpaired) electrons. The number of aromatic nitrogens is 3. The first-order valence-electron chi connectivity index (χ1n) is 11.1. The highest BCUT2D eigenvalue weighted by Gasteiger charge is 2.12. The number of pyridine rings is 1. The topological polar surface area (TPSA) is 84.0 Å². The number of amides is 2. The quantitative estimate of drug-likeness (QED) is 0.345. The first-order chi connectivity index (χ1) is 16.4. The summed E-state index contributed by atoms with van der Waals surface area (Å²) in [7, 11) is 1.55. The normalized spacial score (nSPS) is 12.4. The van der Waals surface area contributed by atoms with Crippen molar-refractivity contribution in [3.63, 3.8) is 0 Å². The third-order valence-corrected chi connectivity index (χ3v) is 5.28. The summed E-state index contributed by atoms with van der Waals surface area (Å²) in [6.07, 6.45) is 5.00. The van der Waals surface area contributed by atoms with Crippen LogP contribution in [0.1, 0.15) is 13.9 Å². The maximum atomic E-state index is 12.8. The molecule has 3 heterocycles. The van der Waals surface area contributed by atoms with E-state index < -0.39 is 12.5 Å². The van der Waals surface area contributed by atoms with Gasteiger partial charge in [-0.25, -0.2) is 9.78 Å². The molecule has 32 heavy (non-hydrogen) atoms. The number of fused-ring (bicyclic) bond motifs is 2. The number of nitrogens with one attached hydrogen (secondary N) is 3. The molecule has 0 aliphatic rings. The summed E-state index contributed by atoms with van der Waals surface area (Å²) in [6, 6.07) is 15.9. The fraction of sp³-hybridized carbons (Fsp3) is 0.120. The van der Waals surface area contributed by atoms with Crippen molar-refractivity contribution in [2.24, 2.45) is 0 Å². The van der Waals surface area contributed by atoms with Gasteiger partial charge in [0.2, 0.25) is 0 Å². The summed E-state index contributed by atoms with van der Waals surface area (Å²) in [6.45, 7) is 0.0859. The lowest BCUT2D eigenvalue weighted by molar-refractivity contribution is 0.262. The van der Waals surface area contributed by atoms with Crippen LogP contribution < -0.4 is 15.4 Å². The molecule has 3 aromatic heterocycles. The maximum Gasteiger partial charge on any atom is 0.323 e. The fourth-order valence-electron chi connectivity index (χ4n) is 3.75. The van der Waals surface area contributed by atoms with Gasteiger partial charge in [0, 0.05) is 35.9 Å². The number of nitrogens with zero attached hydrogens (tertiary/aromatic N) is 2. The van der Waals surface area contributed by atoms with Crippen LogP contribution >= 0.6 is 0 Å². The summed E-state index contributed by atoms with van der Waals surface area (Å²) in [5, 5.41) is 7.14. The van der Waals surface area contributed by atoms with E-state index in [-0.39, 0.29) is 0 Å². The average Bonchev–Trinajstić information content (AvgIpc) is 3.45. The van der Waals surface area contributed by atoms with Gasteiger partial charge in [-0.3, -0.25) is 0 Å². The minimum atomic E-state index is -1.85. The molecule has 5 aromatic rings. The Hall–Kier alpha value is -4.26. The average molecular weight is 428 g/mol. The van der Waals surface area contributed by atoms with Gasteiger partial charge in [-0.1, -0.05) is 12.1 Å². The molecular formula is C25H23N5O2. The summed E-state index contributed by atoms with van der Waals surface area (Å²) < 4.78 is 24.7. The van der Waals surface area contributed by atoms with E-state index in [1.807, 2.05) is 31.2 Å². The second kappa shape index (κ2) is 8.11. The van der Waals surface area contributed by atoms with Gasteiger partial charge in [0.05, 0.1) is 26.7 Å². The van der Waals surface area contributed by atoms with Crippen LogP contribution in [-0.2, 0) is 6.50 Å². The summed E-state index contributed by atoms with van der Waals surface area (Å²) in [5.74, 6) is 0.562. The highest BCUT2D eigenvalue weighted by molar-refractivity contribution is 6.06. The van der Waals surface area contributed by atoms with Crippen molar-refractivity contribution in [1.82, 2.24) is 14.5 Å². The third-order valence-electron chi connectivity index (χ3n) is 5.28. The van der Waals surface area contributed by atoms with Crippen molar-refractivity contribution in [2.45, 2.75) is 13.4 Å². The van der Waals surface area contributed by atoms with Crippen LogP contribution in [0.3, 0.4) is 0 Å². The molecule has 2 amide bonds. The number of hydrogen-bond donors (Lipinski definition) is 3. The van der Waals surface area contributed by atoms with Crippen molar-refractivity contribution >= 4 is 39.3 Å². The van der Waals surface area contributed by atoms with E-state index in [2.05, 4.69) is 20.6 Å². The lowest BCUT2D eigenvalue weighted by Crippen LogP contribution is -2.20. The minimum absolute atomic E-state index is 0.421. The van der Waals surface area contributed by atoms with Gasteiger partial charge in [-0.05, 0) is 60.5 Å². The zero-order valence-corrected chi connectivity index (χ0v) is 17.6. The monoisotopic (exact) mass is 427 g/mol. The third kappa shape index (κ3) is 3.65. The number of anilines is 2. The maximum absolute atomic E-state index is 12.8. The van der Waals surface area contributed by atoms with Gasteiger partial charge in [0.1, 0.15) is 11.4 Å². The standard InChI is InChI=1S/C25H23N5O2/c1-16-8-9-23(32-2)21(13-16)29-25(31)28-20-6-3-7-22-19(20)10-12-30(22)15-17-14-27-24-18(17)5-4-11-26-24/h3-14H,15H2,1-2H3,(H,26,27)(H2,28,29,31)/i15D2. The van der Waals surface area contributed by atoms with E-state index in [0.29, 0.717) is 33.9 Å². The largest absolute Gasteiger partial charge is 0.495 e. The Labute approximate surface area is 187 Å². The van der Waals surface area contributed by atoms with Crippen LogP contribution in [0.5, 0.6) is 5.75 Å². The van der Waals surface area contributed by atoms with Crippen LogP contribution in [0.2, 0.25) is 0 Å². The van der Waals surface area contributed by atoms with Crippen molar-refractivity contribution in [3.8, 4) is 5.75 Å². The first kappa shape index (κ1) is 17.4. The van der Waals surface area contributed by atoms with Crippen molar-refractivity contribution in [3.05, 3.63) is 84.3 Å². The van der Waals surface area contributed by atoms with E-state index in [1.54, 1.807) is 60.6 Å². The van der Waals surface area contributed by atoms with Gasteiger partial charge < -0.3 is 24.9 Å². The molecule has 0 saturated carbocycles. The molecule has 0 atom stereocenters. The van der Waals surface area contributed by atoms with Crippen LogP contribution in [0.4, 0.5) is 16.2 Å². The summed E-state index contributed by atoms with van der Waals surface area (Å²) in [5.41, 5.74) is 3.88. The smallest absolute Gasteiger partial charge is 0.323 e. The molecule has 0 saturated heterocycles. The Kier molecular flexibility index (Phi) is 4.42. The van der Waals surface area contributed by atoms with Gasteiger partial charge in [0.25, 0.3) is 0 Å². The minimum Gasteiger partial charge on any atom is -0.495 e. The van der Waals surface area contributed by atoms with E-state index >= 15 is 0 Å². The number of benzene rings is 2. The first-order valence-corrected chi connectivity index (χ1v) is 10.1. The number of rotatable bonds is 5. The molecule has 2 aromatic carbocycles. The van der Waals surface area contributed by atoms with E-state index in [9.17, 15) is 4.79 Å². The number of H-pyrrole nitrogens is 1. The van der Waals surface area contributed by atoms with Crippen molar-refractivity contribution < 1.29 is 12.3 Å². The number of ether oxygens (including phenoxy) is 1. The summed E-state index contributed by atoms with van der Waals surface area (Å²) >= 11 is 0. The molecule has 0 aliphatic heterocycles. The Morgan fingerprint density at radius 3 is 2.88 bits per heavy atom. The lowest BCUT2D eigenvalue weighted by Gasteiger charge is -2.13. The SMILES string of the molecule is [2H]C([2H])(c1c[nH]c2ncccc12)n1ccc2c(NC(=O)Nc3cc(C)ccc3OC)cccc21. The van der Waals surface area contributed by atoms with Crippen LogP contribution in [0.25, 0.3) is 21.9 Å². The molecule has 7 nitrogen and oxygen atoms in total. The molecule has 7 heteroatoms. The molecule has 0 unspecified atom stereocenters. The van der Waals surface area contributed by atoms with Crippen LogP contribution in [0.15, 0.2) is 73.2 Å². The second-order valence-corrected chi connectivity index (χ2v) is 7.42. The number of carbonyl (C=O) groups is 1. The molecule has 0 bridgehead atoms. The van der Waals surface area contributed by atoms with Gasteiger partial charge in [-0.2, -0.15) is 0 Å². The van der Waals surface area contributed by atoms with Crippen LogP contribution in [-0.4, -0.2) is 27.7 Å². The Balaban J connectivity index is 1.47.